The molecular formula is C31H24Cl2N2O3S. The maximum Gasteiger partial charge on any atom is 0.272 e. The highest BCUT2D eigenvalue weighted by Gasteiger charge is 2.16. The van der Waals surface area contributed by atoms with Crippen LogP contribution >= 0.6 is 35.0 Å². The van der Waals surface area contributed by atoms with Crippen LogP contribution < -0.4 is 10.6 Å². The molecule has 0 bridgehead atoms. The lowest BCUT2D eigenvalue weighted by Crippen LogP contribution is -2.30. The summed E-state index contributed by atoms with van der Waals surface area (Å²) < 4.78 is 0. The van der Waals surface area contributed by atoms with Gasteiger partial charge in [0.2, 0.25) is 0 Å². The van der Waals surface area contributed by atoms with Gasteiger partial charge < -0.3 is 10.6 Å². The summed E-state index contributed by atoms with van der Waals surface area (Å²) in [5.41, 5.74) is 3.23. The Labute approximate surface area is 241 Å². The molecular weight excluding hydrogens is 551 g/mol. The Kier molecular flexibility index (Phi) is 9.60. The second-order valence-electron chi connectivity index (χ2n) is 8.60. The van der Waals surface area contributed by atoms with E-state index in [0.717, 1.165) is 10.5 Å². The van der Waals surface area contributed by atoms with Crippen molar-refractivity contribution >= 4 is 64.3 Å². The normalized spacial score (nSPS) is 11.1. The first kappa shape index (κ1) is 28.2. The SMILES string of the molecule is Cc1ccc(C(=O)CSc2ccc(NC(=O)/C(=C/c3ccc(Cl)cc3Cl)NC(=O)c3ccccc3)cc2)cc1. The van der Waals surface area contributed by atoms with Crippen LogP contribution in [0.2, 0.25) is 10.0 Å². The molecule has 0 fully saturated rings. The molecule has 0 aliphatic carbocycles. The molecule has 2 amide bonds. The van der Waals surface area contributed by atoms with Crippen molar-refractivity contribution in [2.75, 3.05) is 11.1 Å². The summed E-state index contributed by atoms with van der Waals surface area (Å²) in [5.74, 6) is -0.621. The van der Waals surface area contributed by atoms with Crippen LogP contribution in [-0.4, -0.2) is 23.4 Å². The number of carbonyl (C=O) groups is 3. The van der Waals surface area contributed by atoms with E-state index in [2.05, 4.69) is 10.6 Å². The zero-order valence-electron chi connectivity index (χ0n) is 20.9. The average molecular weight is 576 g/mol. The standard InChI is InChI=1S/C31H24Cl2N2O3S/c1-20-7-9-21(10-8-20)29(36)19-39-26-15-13-25(14-16-26)34-31(38)28(17-23-11-12-24(32)18-27(23)33)35-30(37)22-5-3-2-4-6-22/h2-18H,19H2,1H3,(H,34,38)(H,35,37)/b28-17-. The van der Waals surface area contributed by atoms with Gasteiger partial charge >= 0.3 is 0 Å². The molecule has 2 N–H and O–H groups in total. The van der Waals surface area contributed by atoms with Crippen molar-refractivity contribution in [1.29, 1.82) is 0 Å². The molecule has 4 aromatic carbocycles. The van der Waals surface area contributed by atoms with Crippen molar-refractivity contribution in [1.82, 2.24) is 5.32 Å². The zero-order valence-corrected chi connectivity index (χ0v) is 23.2. The van der Waals surface area contributed by atoms with Gasteiger partial charge in [-0.05, 0) is 67.1 Å². The van der Waals surface area contributed by atoms with E-state index in [9.17, 15) is 14.4 Å². The first-order valence-corrected chi connectivity index (χ1v) is 13.7. The van der Waals surface area contributed by atoms with Crippen molar-refractivity contribution in [2.24, 2.45) is 0 Å². The van der Waals surface area contributed by atoms with Crippen molar-refractivity contribution in [3.05, 3.63) is 135 Å². The first-order valence-electron chi connectivity index (χ1n) is 12.0. The Morgan fingerprint density at radius 2 is 1.51 bits per heavy atom. The van der Waals surface area contributed by atoms with Crippen LogP contribution in [0.1, 0.15) is 31.8 Å². The van der Waals surface area contributed by atoms with Crippen LogP contribution in [0.25, 0.3) is 6.08 Å². The second-order valence-corrected chi connectivity index (χ2v) is 10.5. The van der Waals surface area contributed by atoms with E-state index < -0.39 is 11.8 Å². The zero-order chi connectivity index (χ0) is 27.8. The highest BCUT2D eigenvalue weighted by molar-refractivity contribution is 8.00. The van der Waals surface area contributed by atoms with E-state index in [1.165, 1.54) is 17.8 Å². The molecule has 5 nitrogen and oxygen atoms in total. The smallest absolute Gasteiger partial charge is 0.272 e. The number of thioether (sulfide) groups is 1. The molecule has 196 valence electrons. The molecule has 0 atom stereocenters. The Hall–Kier alpha value is -3.84. The van der Waals surface area contributed by atoms with E-state index in [1.807, 2.05) is 43.3 Å². The molecule has 0 aliphatic rings. The summed E-state index contributed by atoms with van der Waals surface area (Å²) in [5, 5.41) is 6.28. The average Bonchev–Trinajstić information content (AvgIpc) is 2.94. The van der Waals surface area contributed by atoms with Gasteiger partial charge in [-0.1, -0.05) is 77.3 Å². The van der Waals surface area contributed by atoms with Crippen LogP contribution in [0, 0.1) is 6.92 Å². The molecule has 39 heavy (non-hydrogen) atoms. The largest absolute Gasteiger partial charge is 0.321 e. The molecule has 4 aromatic rings. The number of rotatable bonds is 9. The van der Waals surface area contributed by atoms with Gasteiger partial charge in [0.1, 0.15) is 5.70 Å². The number of aryl methyl sites for hydroxylation is 1. The fraction of sp³-hybridized carbons (Fsp3) is 0.0645. The minimum absolute atomic E-state index is 0.00946. The molecule has 8 heteroatoms. The van der Waals surface area contributed by atoms with E-state index >= 15 is 0 Å². The van der Waals surface area contributed by atoms with Crippen molar-refractivity contribution in [2.45, 2.75) is 11.8 Å². The van der Waals surface area contributed by atoms with Gasteiger partial charge in [0.25, 0.3) is 11.8 Å². The van der Waals surface area contributed by atoms with Gasteiger partial charge in [-0.2, -0.15) is 0 Å². The van der Waals surface area contributed by atoms with Gasteiger partial charge in [-0.3, -0.25) is 14.4 Å². The Morgan fingerprint density at radius 1 is 0.821 bits per heavy atom. The third-order valence-electron chi connectivity index (χ3n) is 5.65. The molecule has 0 radical (unpaired) electrons. The monoisotopic (exact) mass is 574 g/mol. The Bertz CT molecular complexity index is 1520. The number of anilines is 1. The number of Topliss-reactive ketones (excluding diaryl/α,β-unsaturated/α-hetero) is 1. The molecule has 0 heterocycles. The Balaban J connectivity index is 1.46. The molecule has 0 aliphatic heterocycles. The van der Waals surface area contributed by atoms with Crippen LogP contribution in [-0.2, 0) is 4.79 Å². The topological polar surface area (TPSA) is 75.3 Å². The third kappa shape index (κ3) is 8.07. The summed E-state index contributed by atoms with van der Waals surface area (Å²) in [7, 11) is 0. The number of hydrogen-bond acceptors (Lipinski definition) is 4. The molecule has 0 saturated heterocycles. The molecule has 0 spiro atoms. The maximum atomic E-state index is 13.2. The van der Waals surface area contributed by atoms with Gasteiger partial charge in [0.15, 0.2) is 5.78 Å². The van der Waals surface area contributed by atoms with Crippen molar-refractivity contribution < 1.29 is 14.4 Å². The van der Waals surface area contributed by atoms with Gasteiger partial charge in [0, 0.05) is 31.8 Å². The summed E-state index contributed by atoms with van der Waals surface area (Å²) >= 11 is 13.7. The van der Waals surface area contributed by atoms with E-state index in [4.69, 9.17) is 23.2 Å². The lowest BCUT2D eigenvalue weighted by atomic mass is 10.1. The number of carbonyl (C=O) groups excluding carboxylic acids is 3. The number of ketones is 1. The fourth-order valence-corrected chi connectivity index (χ4v) is 4.78. The predicted molar refractivity (Wildman–Crippen MR) is 160 cm³/mol. The summed E-state index contributed by atoms with van der Waals surface area (Å²) in [4.78, 5) is 39.4. The lowest BCUT2D eigenvalue weighted by molar-refractivity contribution is -0.113. The van der Waals surface area contributed by atoms with Gasteiger partial charge in [-0.25, -0.2) is 0 Å². The number of halogens is 2. The fourth-order valence-electron chi connectivity index (χ4n) is 3.52. The molecule has 0 aromatic heterocycles. The van der Waals surface area contributed by atoms with E-state index in [-0.39, 0.29) is 11.5 Å². The lowest BCUT2D eigenvalue weighted by Gasteiger charge is -2.12. The molecule has 0 unspecified atom stereocenters. The number of benzene rings is 4. The number of amides is 2. The highest BCUT2D eigenvalue weighted by atomic mass is 35.5. The minimum Gasteiger partial charge on any atom is -0.321 e. The van der Waals surface area contributed by atoms with Crippen LogP contribution in [0.5, 0.6) is 0 Å². The van der Waals surface area contributed by atoms with Crippen molar-refractivity contribution in [3.8, 4) is 0 Å². The van der Waals surface area contributed by atoms with Crippen LogP contribution in [0.15, 0.2) is 108 Å². The maximum absolute atomic E-state index is 13.2. The summed E-state index contributed by atoms with van der Waals surface area (Å²) in [6, 6.07) is 28.1. The predicted octanol–water partition coefficient (Wildman–Crippen LogP) is 7.69. The van der Waals surface area contributed by atoms with Crippen LogP contribution in [0.4, 0.5) is 5.69 Å². The van der Waals surface area contributed by atoms with Crippen LogP contribution in [0.3, 0.4) is 0 Å². The molecule has 4 rings (SSSR count). The third-order valence-corrected chi connectivity index (χ3v) is 7.22. The number of hydrogen-bond donors (Lipinski definition) is 2. The van der Waals surface area contributed by atoms with Gasteiger partial charge in [0.05, 0.1) is 5.75 Å². The first-order chi connectivity index (χ1) is 18.8. The summed E-state index contributed by atoms with van der Waals surface area (Å²) in [6.45, 7) is 1.98. The van der Waals surface area contributed by atoms with E-state index in [0.29, 0.717) is 38.2 Å². The Morgan fingerprint density at radius 3 is 2.18 bits per heavy atom. The second kappa shape index (κ2) is 13.3. The minimum atomic E-state index is -0.528. The summed E-state index contributed by atoms with van der Waals surface area (Å²) in [6.07, 6.45) is 1.50. The van der Waals surface area contributed by atoms with Crippen molar-refractivity contribution in [3.63, 3.8) is 0 Å². The van der Waals surface area contributed by atoms with E-state index in [1.54, 1.807) is 60.7 Å². The quantitative estimate of drug-likeness (QED) is 0.122. The molecule has 0 saturated carbocycles. The highest BCUT2D eigenvalue weighted by Crippen LogP contribution is 2.24. The number of nitrogens with one attached hydrogen (secondary N) is 2. The van der Waals surface area contributed by atoms with Gasteiger partial charge in [-0.15, -0.1) is 11.8 Å².